The first-order valence-corrected chi connectivity index (χ1v) is 11.5. The smallest absolute Gasteiger partial charge is 0.278 e. The van der Waals surface area contributed by atoms with Crippen LogP contribution in [0, 0.1) is 6.92 Å². The number of fused-ring (bicyclic) bond motifs is 1. The highest BCUT2D eigenvalue weighted by Gasteiger charge is 2.40. The fourth-order valence-corrected chi connectivity index (χ4v) is 4.75. The van der Waals surface area contributed by atoms with Gasteiger partial charge < -0.3 is 4.90 Å². The maximum absolute atomic E-state index is 13.4. The average Bonchev–Trinajstić information content (AvgIpc) is 3.39. The number of benzene rings is 1. The summed E-state index contributed by atoms with van der Waals surface area (Å²) < 4.78 is 1.70. The van der Waals surface area contributed by atoms with E-state index >= 15 is 0 Å². The summed E-state index contributed by atoms with van der Waals surface area (Å²) in [6, 6.07) is 7.69. The molecule has 2 amide bonds. The second-order valence-corrected chi connectivity index (χ2v) is 9.41. The topological polar surface area (TPSA) is 93.0 Å². The first kappa shape index (κ1) is 20.1. The maximum Gasteiger partial charge on any atom is 0.278 e. The van der Waals surface area contributed by atoms with E-state index in [0.717, 1.165) is 29.0 Å². The molecule has 160 valence electrons. The highest BCUT2D eigenvalue weighted by Crippen LogP contribution is 2.44. The average molecular weight is 457 g/mol. The van der Waals surface area contributed by atoms with Crippen molar-refractivity contribution in [2.75, 3.05) is 18.4 Å². The number of carbonyl (C=O) groups excluding carboxylic acids is 2. The molecule has 1 aliphatic carbocycles. The van der Waals surface area contributed by atoms with Crippen LogP contribution >= 0.6 is 22.9 Å². The lowest BCUT2D eigenvalue weighted by molar-refractivity contribution is 0.0698. The summed E-state index contributed by atoms with van der Waals surface area (Å²) in [5, 5.41) is 17.1. The standard InChI is InChI=1S/C21H21ClN6O2S/c1-12-24-25-21(31-12)23-19(29)17-16(14-6-7-14)18-20(30)27(10-11-28(18)26-17)9-8-13-4-2-3-5-15(13)22/h2-5,14H,6-11H2,1H3,(H,23,25,29). The fourth-order valence-electron chi connectivity index (χ4n) is 3.93. The third kappa shape index (κ3) is 3.95. The van der Waals surface area contributed by atoms with Gasteiger partial charge in [-0.15, -0.1) is 10.2 Å². The number of nitrogens with one attached hydrogen (secondary N) is 1. The zero-order valence-electron chi connectivity index (χ0n) is 17.0. The van der Waals surface area contributed by atoms with Crippen LogP contribution in [0.4, 0.5) is 5.13 Å². The molecule has 8 nitrogen and oxygen atoms in total. The minimum absolute atomic E-state index is 0.0708. The van der Waals surface area contributed by atoms with Gasteiger partial charge in [-0.3, -0.25) is 19.6 Å². The van der Waals surface area contributed by atoms with Crippen LogP contribution in [-0.4, -0.2) is 49.8 Å². The number of nitrogens with zero attached hydrogens (tertiary/aromatic N) is 5. The van der Waals surface area contributed by atoms with Gasteiger partial charge in [0.1, 0.15) is 10.7 Å². The summed E-state index contributed by atoms with van der Waals surface area (Å²) in [5.74, 6) is -0.206. The van der Waals surface area contributed by atoms with Crippen molar-refractivity contribution in [3.05, 3.63) is 56.8 Å². The van der Waals surface area contributed by atoms with E-state index in [-0.39, 0.29) is 17.7 Å². The van der Waals surface area contributed by atoms with Crippen LogP contribution in [-0.2, 0) is 13.0 Å². The van der Waals surface area contributed by atoms with E-state index < -0.39 is 0 Å². The predicted octanol–water partition coefficient (Wildman–Crippen LogP) is 3.52. The van der Waals surface area contributed by atoms with Crippen molar-refractivity contribution in [3.63, 3.8) is 0 Å². The Morgan fingerprint density at radius 1 is 1.26 bits per heavy atom. The van der Waals surface area contributed by atoms with E-state index in [4.69, 9.17) is 11.6 Å². The lowest BCUT2D eigenvalue weighted by Gasteiger charge is -2.28. The predicted molar refractivity (Wildman–Crippen MR) is 118 cm³/mol. The zero-order chi connectivity index (χ0) is 21.5. The molecule has 3 aromatic rings. The molecule has 1 fully saturated rings. The molecule has 0 radical (unpaired) electrons. The summed E-state index contributed by atoms with van der Waals surface area (Å²) in [7, 11) is 0. The van der Waals surface area contributed by atoms with Crippen molar-refractivity contribution in [2.45, 2.75) is 38.6 Å². The van der Waals surface area contributed by atoms with Crippen LogP contribution in [0.1, 0.15) is 55.9 Å². The minimum Gasteiger partial charge on any atom is -0.335 e. The SMILES string of the molecule is Cc1nnc(NC(=O)c2nn3c(c2C2CC2)C(=O)N(CCc2ccccc2Cl)CC3)s1. The van der Waals surface area contributed by atoms with Crippen molar-refractivity contribution in [3.8, 4) is 0 Å². The molecule has 31 heavy (non-hydrogen) atoms. The summed E-state index contributed by atoms with van der Waals surface area (Å²) in [4.78, 5) is 28.1. The Balaban J connectivity index is 1.39. The summed E-state index contributed by atoms with van der Waals surface area (Å²) in [5.41, 5.74) is 2.66. The van der Waals surface area contributed by atoms with E-state index in [1.54, 1.807) is 4.68 Å². The summed E-state index contributed by atoms with van der Waals surface area (Å²) in [6.07, 6.45) is 2.61. The second kappa shape index (κ2) is 8.05. The number of anilines is 1. The molecule has 0 saturated heterocycles. The quantitative estimate of drug-likeness (QED) is 0.612. The molecule has 0 bridgehead atoms. The molecule has 1 aromatic carbocycles. The van der Waals surface area contributed by atoms with Gasteiger partial charge in [0.2, 0.25) is 5.13 Å². The molecule has 1 N–H and O–H groups in total. The number of hydrogen-bond acceptors (Lipinski definition) is 6. The Kier molecular flexibility index (Phi) is 5.23. The molecule has 3 heterocycles. The van der Waals surface area contributed by atoms with Crippen LogP contribution in [0.2, 0.25) is 5.02 Å². The van der Waals surface area contributed by atoms with Gasteiger partial charge in [-0.25, -0.2) is 0 Å². The third-order valence-electron chi connectivity index (χ3n) is 5.62. The van der Waals surface area contributed by atoms with Crippen molar-refractivity contribution >= 4 is 39.9 Å². The first-order chi connectivity index (χ1) is 15.0. The van der Waals surface area contributed by atoms with E-state index in [1.807, 2.05) is 36.1 Å². The van der Waals surface area contributed by atoms with Crippen molar-refractivity contribution < 1.29 is 9.59 Å². The molecule has 0 unspecified atom stereocenters. The first-order valence-electron chi connectivity index (χ1n) is 10.3. The van der Waals surface area contributed by atoms with Crippen LogP contribution in [0.25, 0.3) is 0 Å². The van der Waals surface area contributed by atoms with Crippen LogP contribution in [0.3, 0.4) is 0 Å². The van der Waals surface area contributed by atoms with E-state index in [0.29, 0.717) is 47.6 Å². The Bertz CT molecular complexity index is 1170. The van der Waals surface area contributed by atoms with Gasteiger partial charge in [-0.05, 0) is 43.7 Å². The van der Waals surface area contributed by atoms with E-state index in [2.05, 4.69) is 20.6 Å². The van der Waals surface area contributed by atoms with Gasteiger partial charge in [-0.1, -0.05) is 41.1 Å². The minimum atomic E-state index is -0.338. The Morgan fingerprint density at radius 3 is 2.77 bits per heavy atom. The Morgan fingerprint density at radius 2 is 2.06 bits per heavy atom. The summed E-state index contributed by atoms with van der Waals surface area (Å²) >= 11 is 7.58. The Hall–Kier alpha value is -2.78. The number of amides is 2. The largest absolute Gasteiger partial charge is 0.335 e. The fraction of sp³-hybridized carbons (Fsp3) is 0.381. The zero-order valence-corrected chi connectivity index (χ0v) is 18.5. The lowest BCUT2D eigenvalue weighted by Crippen LogP contribution is -2.42. The van der Waals surface area contributed by atoms with Gasteiger partial charge in [0, 0.05) is 23.7 Å². The molecule has 0 spiro atoms. The molecule has 2 aromatic heterocycles. The van der Waals surface area contributed by atoms with Crippen LogP contribution in [0.15, 0.2) is 24.3 Å². The molecule has 2 aliphatic rings. The number of rotatable bonds is 6. The van der Waals surface area contributed by atoms with Gasteiger partial charge in [0.15, 0.2) is 5.69 Å². The highest BCUT2D eigenvalue weighted by molar-refractivity contribution is 7.15. The van der Waals surface area contributed by atoms with Crippen molar-refractivity contribution in [2.24, 2.45) is 0 Å². The van der Waals surface area contributed by atoms with Crippen molar-refractivity contribution in [1.29, 1.82) is 0 Å². The number of hydrogen-bond donors (Lipinski definition) is 1. The molecule has 5 rings (SSSR count). The number of carbonyl (C=O) groups is 2. The summed E-state index contributed by atoms with van der Waals surface area (Å²) in [6.45, 7) is 3.52. The molecule has 0 atom stereocenters. The lowest BCUT2D eigenvalue weighted by atomic mass is 10.0. The van der Waals surface area contributed by atoms with Gasteiger partial charge in [0.05, 0.1) is 6.54 Å². The van der Waals surface area contributed by atoms with Gasteiger partial charge >= 0.3 is 0 Å². The molecular weight excluding hydrogens is 436 g/mol. The highest BCUT2D eigenvalue weighted by atomic mass is 35.5. The number of halogens is 1. The second-order valence-electron chi connectivity index (χ2n) is 7.82. The third-order valence-corrected chi connectivity index (χ3v) is 6.74. The number of aromatic nitrogens is 4. The maximum atomic E-state index is 13.4. The molecule has 1 aliphatic heterocycles. The van der Waals surface area contributed by atoms with Gasteiger partial charge in [0.25, 0.3) is 11.8 Å². The Labute approximate surface area is 188 Å². The van der Waals surface area contributed by atoms with E-state index in [9.17, 15) is 9.59 Å². The van der Waals surface area contributed by atoms with Crippen molar-refractivity contribution in [1.82, 2.24) is 24.9 Å². The monoisotopic (exact) mass is 456 g/mol. The van der Waals surface area contributed by atoms with E-state index in [1.165, 1.54) is 11.3 Å². The number of aryl methyl sites for hydroxylation is 1. The molecule has 10 heteroatoms. The molecular formula is C21H21ClN6O2S. The van der Waals surface area contributed by atoms with Crippen LogP contribution in [0.5, 0.6) is 0 Å². The van der Waals surface area contributed by atoms with Gasteiger partial charge in [-0.2, -0.15) is 5.10 Å². The molecule has 1 saturated carbocycles. The van der Waals surface area contributed by atoms with Crippen LogP contribution < -0.4 is 5.32 Å². The normalized spacial score (nSPS) is 15.8.